The summed E-state index contributed by atoms with van der Waals surface area (Å²) in [5, 5.41) is 10.7. The van der Waals surface area contributed by atoms with Crippen molar-refractivity contribution in [2.45, 2.75) is 96.2 Å². The number of esters is 3. The third-order valence-electron chi connectivity index (χ3n) is 11.6. The minimum absolute atomic E-state index is 0.150. The van der Waals surface area contributed by atoms with Crippen molar-refractivity contribution in [2.24, 2.45) is 29.4 Å². The van der Waals surface area contributed by atoms with Crippen molar-refractivity contribution in [3.63, 3.8) is 0 Å². The molecule has 3 aromatic rings. The fourth-order valence-electron chi connectivity index (χ4n) is 8.24. The third-order valence-corrected chi connectivity index (χ3v) is 11.6. The molecule has 4 heterocycles. The quantitative estimate of drug-likeness (QED) is 0.103. The topological polar surface area (TPSA) is 180 Å². The number of cyclic esters (lactones) is 1. The van der Waals surface area contributed by atoms with Crippen LogP contribution in [0.15, 0.2) is 90.9 Å². The monoisotopic (exact) mass is 770 g/mol. The van der Waals surface area contributed by atoms with Gasteiger partial charge in [0.25, 0.3) is 0 Å². The van der Waals surface area contributed by atoms with Gasteiger partial charge in [-0.05, 0) is 63.5 Å². The van der Waals surface area contributed by atoms with E-state index in [9.17, 15) is 24.3 Å². The van der Waals surface area contributed by atoms with Crippen molar-refractivity contribution < 1.29 is 52.5 Å². The third kappa shape index (κ3) is 8.49. The number of methoxy groups -OCH3 is 1. The van der Waals surface area contributed by atoms with Crippen LogP contribution in [0.25, 0.3) is 0 Å². The number of pyridine rings is 1. The Bertz CT molecular complexity index is 1960. The standard InChI is InChI=1S/C43H51N3O10/c1-24-19-25(2)43-22-32(38(56-43)37(26(3)27(4)47)55-41(50)34-11-8-16-45-34)12-13-33(43)21-35(52-6)42(51)54-36(24)28(5)53-40(49)31-10-7-9-29(20-31)23-46-17-14-30(15-18-46)39(44)48/h7-20,24,26-28,32-33,35-38,47H,21-23H2,1-6H3,(H2-,44,45,48,50)/p+1/b25-19+/t24-,26-,27+,28-,32-,33?,35+,36+,37-,38-,43+/m1/s1. The van der Waals surface area contributed by atoms with E-state index in [2.05, 4.69) is 17.1 Å². The minimum atomic E-state index is -0.951. The molecule has 0 radical (unpaired) electrons. The molecule has 2 aromatic heterocycles. The van der Waals surface area contributed by atoms with E-state index in [0.717, 1.165) is 11.1 Å². The fourth-order valence-corrected chi connectivity index (χ4v) is 8.24. The molecule has 1 saturated heterocycles. The van der Waals surface area contributed by atoms with E-state index in [1.54, 1.807) is 74.9 Å². The Kier molecular flexibility index (Phi) is 12.3. The molecular formula is C43H52N3O10+. The van der Waals surface area contributed by atoms with Gasteiger partial charge in [-0.15, -0.1) is 0 Å². The second-order valence-electron chi connectivity index (χ2n) is 15.4. The molecule has 2 aliphatic heterocycles. The number of nitrogens with zero attached hydrogens (tertiary/aromatic N) is 1. The lowest BCUT2D eigenvalue weighted by Gasteiger charge is -2.41. The molecule has 298 valence electrons. The van der Waals surface area contributed by atoms with Gasteiger partial charge in [0, 0.05) is 54.7 Å². The number of amides is 1. The van der Waals surface area contributed by atoms with Crippen LogP contribution in [0.4, 0.5) is 0 Å². The molecule has 11 atom stereocenters. The average Bonchev–Trinajstić information content (AvgIpc) is 3.83. The number of fused-ring (bicyclic) bond motifs is 1. The molecular weight excluding hydrogens is 718 g/mol. The lowest BCUT2D eigenvalue weighted by molar-refractivity contribution is -0.688. The number of hydrogen-bond donors (Lipinski definition) is 3. The number of carbonyl (C=O) groups excluding carboxylic acids is 4. The Morgan fingerprint density at radius 1 is 1.02 bits per heavy atom. The molecule has 3 aliphatic rings. The van der Waals surface area contributed by atoms with Gasteiger partial charge >= 0.3 is 17.9 Å². The van der Waals surface area contributed by atoms with Gasteiger partial charge in [0.2, 0.25) is 5.91 Å². The van der Waals surface area contributed by atoms with Gasteiger partial charge < -0.3 is 39.5 Å². The van der Waals surface area contributed by atoms with E-state index in [0.29, 0.717) is 29.8 Å². The normalized spacial score (nSPS) is 29.1. The number of primary amides is 1. The molecule has 1 fully saturated rings. The molecule has 1 aliphatic carbocycles. The number of ether oxygens (including phenoxy) is 5. The average molecular weight is 771 g/mol. The second-order valence-corrected chi connectivity index (χ2v) is 15.4. The predicted octanol–water partition coefficient (Wildman–Crippen LogP) is 4.48. The highest BCUT2D eigenvalue weighted by atomic mass is 16.6. The zero-order chi connectivity index (χ0) is 40.3. The zero-order valence-electron chi connectivity index (χ0n) is 32.6. The Morgan fingerprint density at radius 3 is 2.43 bits per heavy atom. The van der Waals surface area contributed by atoms with Gasteiger partial charge in [-0.3, -0.25) is 4.79 Å². The van der Waals surface area contributed by atoms with Crippen molar-refractivity contribution in [1.29, 1.82) is 0 Å². The van der Waals surface area contributed by atoms with Crippen LogP contribution in [-0.4, -0.2) is 83.2 Å². The number of aliphatic hydroxyl groups is 1. The molecule has 4 N–H and O–H groups in total. The maximum absolute atomic E-state index is 13.8. The van der Waals surface area contributed by atoms with Crippen LogP contribution in [0.1, 0.15) is 84.2 Å². The molecule has 1 spiro atoms. The number of aliphatic hydroxyl groups excluding tert-OH is 1. The number of hydrogen-bond acceptors (Lipinski definition) is 10. The summed E-state index contributed by atoms with van der Waals surface area (Å²) in [4.78, 5) is 55.0. The highest BCUT2D eigenvalue weighted by Crippen LogP contribution is 2.53. The van der Waals surface area contributed by atoms with Crippen molar-refractivity contribution in [2.75, 3.05) is 7.11 Å². The molecule has 13 nitrogen and oxygen atoms in total. The van der Waals surface area contributed by atoms with Gasteiger partial charge in [0.1, 0.15) is 30.1 Å². The van der Waals surface area contributed by atoms with Crippen LogP contribution in [0.3, 0.4) is 0 Å². The van der Waals surface area contributed by atoms with Crippen molar-refractivity contribution in [1.82, 2.24) is 4.98 Å². The number of nitrogens with two attached hydrogens (primary N) is 1. The van der Waals surface area contributed by atoms with E-state index in [1.807, 2.05) is 37.5 Å². The largest absolute Gasteiger partial charge is 0.456 e. The summed E-state index contributed by atoms with van der Waals surface area (Å²) in [5.74, 6) is -3.54. The van der Waals surface area contributed by atoms with E-state index in [4.69, 9.17) is 29.4 Å². The fraction of sp³-hybridized carbons (Fsp3) is 0.465. The number of rotatable bonds is 12. The number of nitrogens with one attached hydrogen (secondary N) is 1. The molecule has 6 rings (SSSR count). The van der Waals surface area contributed by atoms with E-state index in [-0.39, 0.29) is 18.3 Å². The number of aromatic amines is 1. The number of H-pyrrole nitrogens is 1. The van der Waals surface area contributed by atoms with Crippen molar-refractivity contribution in [3.8, 4) is 0 Å². The SMILES string of the molecule is CO[C@H]1CC2C=C[C@@H]3C[C@]2(O[C@H]3[C@H](OC(=O)c2ccc[nH]2)[C@H](C)[C@H](C)O)/C(C)=C/[C@@H](C)[C@@H]([C@@H](C)OC(=O)c2cccc(C[n+]3ccc(C(N)=O)cc3)c2)OC1=O. The van der Waals surface area contributed by atoms with Gasteiger partial charge in [-0.25, -0.2) is 19.0 Å². The van der Waals surface area contributed by atoms with Crippen LogP contribution in [-0.2, 0) is 35.0 Å². The molecule has 13 heteroatoms. The predicted molar refractivity (Wildman–Crippen MR) is 203 cm³/mol. The second kappa shape index (κ2) is 16.9. The summed E-state index contributed by atoms with van der Waals surface area (Å²) in [6, 6.07) is 13.7. The molecule has 1 amide bonds. The molecule has 1 aromatic carbocycles. The van der Waals surface area contributed by atoms with Crippen LogP contribution in [0.2, 0.25) is 0 Å². The Labute approximate surface area is 326 Å². The van der Waals surface area contributed by atoms with Crippen LogP contribution in [0, 0.1) is 23.7 Å². The first kappa shape index (κ1) is 40.6. The van der Waals surface area contributed by atoms with Crippen molar-refractivity contribution >= 4 is 23.8 Å². The Morgan fingerprint density at radius 2 is 1.77 bits per heavy atom. The van der Waals surface area contributed by atoms with Crippen LogP contribution >= 0.6 is 0 Å². The number of aromatic nitrogens is 2. The first-order valence-electron chi connectivity index (χ1n) is 19.1. The van der Waals surface area contributed by atoms with Gasteiger partial charge in [-0.2, -0.15) is 0 Å². The van der Waals surface area contributed by atoms with Gasteiger partial charge in [0.05, 0.1) is 22.8 Å². The summed E-state index contributed by atoms with van der Waals surface area (Å²) in [6.45, 7) is 9.54. The number of benzene rings is 1. The summed E-state index contributed by atoms with van der Waals surface area (Å²) in [7, 11) is 1.46. The van der Waals surface area contributed by atoms with Gasteiger partial charge in [-0.1, -0.05) is 44.2 Å². The smallest absolute Gasteiger partial charge is 0.355 e. The van der Waals surface area contributed by atoms with E-state index < -0.39 is 77.9 Å². The Hall–Kier alpha value is -5.11. The summed E-state index contributed by atoms with van der Waals surface area (Å²) in [5.41, 5.74) is 7.23. The van der Waals surface area contributed by atoms with Crippen LogP contribution in [0.5, 0.6) is 0 Å². The summed E-state index contributed by atoms with van der Waals surface area (Å²) < 4.78 is 32.9. The molecule has 0 saturated carbocycles. The summed E-state index contributed by atoms with van der Waals surface area (Å²) in [6.07, 6.45) is 7.22. The van der Waals surface area contributed by atoms with Crippen LogP contribution < -0.4 is 10.3 Å². The van der Waals surface area contributed by atoms with Crippen molar-refractivity contribution in [3.05, 3.63) is 113 Å². The highest BCUT2D eigenvalue weighted by molar-refractivity contribution is 5.92. The van der Waals surface area contributed by atoms with E-state index >= 15 is 0 Å². The van der Waals surface area contributed by atoms with Gasteiger partial charge in [0.15, 0.2) is 25.0 Å². The lowest BCUT2D eigenvalue weighted by atomic mass is 9.69. The molecule has 2 bridgehead atoms. The minimum Gasteiger partial charge on any atom is -0.456 e. The molecule has 1 unspecified atom stereocenters. The first-order chi connectivity index (χ1) is 26.7. The maximum atomic E-state index is 13.8. The summed E-state index contributed by atoms with van der Waals surface area (Å²) >= 11 is 0. The lowest BCUT2D eigenvalue weighted by Crippen LogP contribution is -2.48. The maximum Gasteiger partial charge on any atom is 0.355 e. The highest BCUT2D eigenvalue weighted by Gasteiger charge is 2.57. The van der Waals surface area contributed by atoms with E-state index in [1.165, 1.54) is 7.11 Å². The Balaban J connectivity index is 1.24. The molecule has 56 heavy (non-hydrogen) atoms. The number of carbonyl (C=O) groups is 4. The first-order valence-corrected chi connectivity index (χ1v) is 19.1. The zero-order valence-corrected chi connectivity index (χ0v) is 32.6.